The van der Waals surface area contributed by atoms with Crippen LogP contribution in [0, 0.1) is 0 Å². The first-order valence-corrected chi connectivity index (χ1v) is 6.58. The highest BCUT2D eigenvalue weighted by atomic mass is 16.5. The van der Waals surface area contributed by atoms with Crippen LogP contribution in [0.3, 0.4) is 0 Å². The van der Waals surface area contributed by atoms with Crippen LogP contribution in [0.5, 0.6) is 0 Å². The van der Waals surface area contributed by atoms with Gasteiger partial charge >= 0.3 is 0 Å². The number of aryl methyl sites for hydroxylation is 1. The van der Waals surface area contributed by atoms with Crippen LogP contribution < -0.4 is 11.3 Å². The fraction of sp³-hybridized carbons (Fsp3) is 0.833. The molecule has 18 heavy (non-hydrogen) atoms. The van der Waals surface area contributed by atoms with Gasteiger partial charge in [0, 0.05) is 19.6 Å². The van der Waals surface area contributed by atoms with E-state index in [2.05, 4.69) is 29.4 Å². The third kappa shape index (κ3) is 3.28. The lowest BCUT2D eigenvalue weighted by Gasteiger charge is -2.36. The van der Waals surface area contributed by atoms with Crippen molar-refractivity contribution in [1.82, 2.24) is 20.2 Å². The average molecular weight is 255 g/mol. The van der Waals surface area contributed by atoms with Gasteiger partial charge < -0.3 is 4.74 Å². The minimum Gasteiger partial charge on any atom is -0.374 e. The van der Waals surface area contributed by atoms with E-state index in [1.54, 1.807) is 6.33 Å². The molecule has 0 aliphatic rings. The SMILES string of the molecule is CCOC(C)(CC)C(Cc1ncnn1CC)NN. The number of nitrogens with zero attached hydrogens (tertiary/aromatic N) is 3. The van der Waals surface area contributed by atoms with Crippen LogP contribution in [-0.2, 0) is 17.7 Å². The van der Waals surface area contributed by atoms with Gasteiger partial charge in [-0.25, -0.2) is 4.98 Å². The predicted molar refractivity (Wildman–Crippen MR) is 70.8 cm³/mol. The minimum atomic E-state index is -0.298. The molecule has 1 rings (SSSR count). The van der Waals surface area contributed by atoms with Gasteiger partial charge in [0.05, 0.1) is 11.6 Å². The minimum absolute atomic E-state index is 0.0111. The molecule has 3 N–H and O–H groups in total. The van der Waals surface area contributed by atoms with Gasteiger partial charge in [-0.2, -0.15) is 5.10 Å². The van der Waals surface area contributed by atoms with Crippen molar-refractivity contribution in [2.45, 2.75) is 58.7 Å². The number of rotatable bonds is 8. The molecule has 1 heterocycles. The zero-order valence-electron chi connectivity index (χ0n) is 11.8. The largest absolute Gasteiger partial charge is 0.374 e. The van der Waals surface area contributed by atoms with Crippen molar-refractivity contribution in [3.63, 3.8) is 0 Å². The monoisotopic (exact) mass is 255 g/mol. The maximum Gasteiger partial charge on any atom is 0.138 e. The van der Waals surface area contributed by atoms with E-state index in [4.69, 9.17) is 10.6 Å². The standard InChI is InChI=1S/C12H25N5O/c1-5-12(4,18-7-3)10(16-13)8-11-14-9-15-17(11)6-2/h9-10,16H,5-8,13H2,1-4H3. The molecule has 6 nitrogen and oxygen atoms in total. The van der Waals surface area contributed by atoms with Crippen LogP contribution in [0.2, 0.25) is 0 Å². The van der Waals surface area contributed by atoms with Crippen molar-refractivity contribution in [3.05, 3.63) is 12.2 Å². The Balaban J connectivity index is 2.83. The Kier molecular flexibility index (Phi) is 5.71. The Morgan fingerprint density at radius 2 is 2.22 bits per heavy atom. The molecule has 0 spiro atoms. The van der Waals surface area contributed by atoms with Crippen molar-refractivity contribution < 1.29 is 4.74 Å². The van der Waals surface area contributed by atoms with Crippen molar-refractivity contribution in [2.75, 3.05) is 6.61 Å². The molecule has 0 bridgehead atoms. The zero-order valence-corrected chi connectivity index (χ0v) is 11.8. The molecule has 0 radical (unpaired) electrons. The van der Waals surface area contributed by atoms with Gasteiger partial charge in [0.15, 0.2) is 0 Å². The lowest BCUT2D eigenvalue weighted by molar-refractivity contribution is -0.0556. The molecule has 2 atom stereocenters. The maximum atomic E-state index is 5.85. The third-order valence-corrected chi connectivity index (χ3v) is 3.50. The van der Waals surface area contributed by atoms with E-state index < -0.39 is 0 Å². The summed E-state index contributed by atoms with van der Waals surface area (Å²) in [5, 5.41) is 4.17. The first-order chi connectivity index (χ1) is 8.61. The summed E-state index contributed by atoms with van der Waals surface area (Å²) in [5.41, 5.74) is 2.56. The number of hydrogen-bond donors (Lipinski definition) is 2. The normalized spacial score (nSPS) is 16.5. The highest BCUT2D eigenvalue weighted by Gasteiger charge is 2.33. The van der Waals surface area contributed by atoms with Crippen LogP contribution in [0.15, 0.2) is 6.33 Å². The molecule has 0 saturated heterocycles. The van der Waals surface area contributed by atoms with Crippen LogP contribution in [-0.4, -0.2) is 33.0 Å². The lowest BCUT2D eigenvalue weighted by atomic mass is 9.91. The van der Waals surface area contributed by atoms with Crippen molar-refractivity contribution in [3.8, 4) is 0 Å². The van der Waals surface area contributed by atoms with Gasteiger partial charge in [-0.15, -0.1) is 0 Å². The molecule has 1 aromatic heterocycles. The Bertz CT molecular complexity index is 354. The Labute approximate surface area is 109 Å². The Hall–Kier alpha value is -0.980. The van der Waals surface area contributed by atoms with Gasteiger partial charge in [-0.1, -0.05) is 6.92 Å². The van der Waals surface area contributed by atoms with Gasteiger partial charge in [-0.05, 0) is 27.2 Å². The predicted octanol–water partition coefficient (Wildman–Crippen LogP) is 0.878. The van der Waals surface area contributed by atoms with E-state index >= 15 is 0 Å². The highest BCUT2D eigenvalue weighted by Crippen LogP contribution is 2.22. The first kappa shape index (κ1) is 15.1. The van der Waals surface area contributed by atoms with Crippen LogP contribution in [0.1, 0.15) is 39.9 Å². The van der Waals surface area contributed by atoms with E-state index in [0.29, 0.717) is 13.0 Å². The van der Waals surface area contributed by atoms with Gasteiger partial charge in [0.25, 0.3) is 0 Å². The molecule has 104 valence electrons. The van der Waals surface area contributed by atoms with Crippen molar-refractivity contribution in [1.29, 1.82) is 0 Å². The molecule has 0 saturated carbocycles. The Morgan fingerprint density at radius 3 is 2.72 bits per heavy atom. The fourth-order valence-electron chi connectivity index (χ4n) is 2.12. The number of hydrazine groups is 1. The van der Waals surface area contributed by atoms with E-state index in [1.165, 1.54) is 0 Å². The van der Waals surface area contributed by atoms with Crippen molar-refractivity contribution >= 4 is 0 Å². The number of hydrogen-bond acceptors (Lipinski definition) is 5. The highest BCUT2D eigenvalue weighted by molar-refractivity contribution is 4.97. The Morgan fingerprint density at radius 1 is 1.50 bits per heavy atom. The molecule has 2 unspecified atom stereocenters. The van der Waals surface area contributed by atoms with Crippen LogP contribution >= 0.6 is 0 Å². The second-order valence-corrected chi connectivity index (χ2v) is 4.51. The van der Waals surface area contributed by atoms with E-state index in [9.17, 15) is 0 Å². The molecule has 1 aromatic rings. The molecule has 0 aliphatic heterocycles. The topological polar surface area (TPSA) is 78.0 Å². The second kappa shape index (κ2) is 6.82. The quantitative estimate of drug-likeness (QED) is 0.532. The zero-order chi connectivity index (χ0) is 13.6. The number of nitrogens with two attached hydrogens (primary N) is 1. The first-order valence-electron chi connectivity index (χ1n) is 6.58. The summed E-state index contributed by atoms with van der Waals surface area (Å²) in [4.78, 5) is 4.28. The number of nitrogens with one attached hydrogen (secondary N) is 1. The summed E-state index contributed by atoms with van der Waals surface area (Å²) in [6.45, 7) is 9.70. The molecular formula is C12H25N5O. The summed E-state index contributed by atoms with van der Waals surface area (Å²) in [6, 6.07) is 0.0111. The van der Waals surface area contributed by atoms with E-state index in [0.717, 1.165) is 18.8 Å². The molecule has 0 fully saturated rings. The fourth-order valence-corrected chi connectivity index (χ4v) is 2.12. The third-order valence-electron chi connectivity index (χ3n) is 3.50. The summed E-state index contributed by atoms with van der Waals surface area (Å²) >= 11 is 0. The summed E-state index contributed by atoms with van der Waals surface area (Å²) < 4.78 is 7.74. The van der Waals surface area contributed by atoms with E-state index in [1.807, 2.05) is 18.5 Å². The molecule has 0 aromatic carbocycles. The summed E-state index contributed by atoms with van der Waals surface area (Å²) in [5.74, 6) is 6.62. The van der Waals surface area contributed by atoms with Crippen LogP contribution in [0.25, 0.3) is 0 Å². The van der Waals surface area contributed by atoms with Crippen molar-refractivity contribution in [2.24, 2.45) is 5.84 Å². The lowest BCUT2D eigenvalue weighted by Crippen LogP contribution is -2.54. The van der Waals surface area contributed by atoms with Gasteiger partial charge in [-0.3, -0.25) is 16.0 Å². The van der Waals surface area contributed by atoms with E-state index in [-0.39, 0.29) is 11.6 Å². The maximum absolute atomic E-state index is 5.85. The molecular weight excluding hydrogens is 230 g/mol. The van der Waals surface area contributed by atoms with Crippen LogP contribution in [0.4, 0.5) is 0 Å². The average Bonchev–Trinajstić information content (AvgIpc) is 2.83. The molecule has 0 amide bonds. The van der Waals surface area contributed by atoms with Gasteiger partial charge in [0.2, 0.25) is 0 Å². The summed E-state index contributed by atoms with van der Waals surface area (Å²) in [6.07, 6.45) is 3.17. The summed E-state index contributed by atoms with van der Waals surface area (Å²) in [7, 11) is 0. The number of aromatic nitrogens is 3. The smallest absolute Gasteiger partial charge is 0.138 e. The molecule has 0 aliphatic carbocycles. The molecule has 6 heteroatoms. The number of ether oxygens (including phenoxy) is 1. The van der Waals surface area contributed by atoms with Gasteiger partial charge in [0.1, 0.15) is 12.2 Å². The second-order valence-electron chi connectivity index (χ2n) is 4.51.